The first kappa shape index (κ1) is 35.4. The van der Waals surface area contributed by atoms with Gasteiger partial charge in [-0.15, -0.1) is 0 Å². The first-order valence-electron chi connectivity index (χ1n) is 14.2. The molecule has 1 saturated heterocycles. The molecule has 1 fully saturated rings. The first-order chi connectivity index (χ1) is 19.3. The summed E-state index contributed by atoms with van der Waals surface area (Å²) in [6.45, 7) is 21.2. The fourth-order valence-corrected chi connectivity index (χ4v) is 8.02. The topological polar surface area (TPSA) is 170 Å². The SMILES string of the molecule is CNC(=O)Cn1c(=O)c(C)cn(C2OC(CO[Si](C)(C)C(C)(C)C)C3(OS(=O)(=O)C=C3N)C2O[Si](C)(C)C(C)(C)C)c1=O. The first-order valence-corrected chi connectivity index (χ1v) is 21.5. The molecular weight excluding hydrogens is 613 g/mol. The Morgan fingerprint density at radius 1 is 1.09 bits per heavy atom. The quantitative estimate of drug-likeness (QED) is 0.312. The van der Waals surface area contributed by atoms with Crippen molar-refractivity contribution >= 4 is 32.7 Å². The lowest BCUT2D eigenvalue weighted by molar-refractivity contribution is -0.121. The minimum atomic E-state index is -4.26. The van der Waals surface area contributed by atoms with Gasteiger partial charge in [-0.05, 0) is 43.2 Å². The molecule has 43 heavy (non-hydrogen) atoms. The number of carbonyl (C=O) groups excluding carboxylic acids is 1. The highest BCUT2D eigenvalue weighted by Crippen LogP contribution is 2.52. The van der Waals surface area contributed by atoms with E-state index in [4.69, 9.17) is 23.5 Å². The highest BCUT2D eigenvalue weighted by molar-refractivity contribution is 7.90. The van der Waals surface area contributed by atoms with Crippen LogP contribution in [0, 0.1) is 6.92 Å². The highest BCUT2D eigenvalue weighted by atomic mass is 32.2. The zero-order valence-electron chi connectivity index (χ0n) is 27.4. The average Bonchev–Trinajstić information content (AvgIpc) is 3.27. The Morgan fingerprint density at radius 3 is 2.12 bits per heavy atom. The second kappa shape index (κ2) is 11.4. The van der Waals surface area contributed by atoms with Gasteiger partial charge in [0.05, 0.1) is 17.7 Å². The Labute approximate surface area is 256 Å². The number of nitrogens with one attached hydrogen (secondary N) is 1. The van der Waals surface area contributed by atoms with Crippen LogP contribution in [0.2, 0.25) is 36.3 Å². The third-order valence-electron chi connectivity index (χ3n) is 9.29. The summed E-state index contributed by atoms with van der Waals surface area (Å²) >= 11 is 0. The summed E-state index contributed by atoms with van der Waals surface area (Å²) in [6, 6.07) is 0. The van der Waals surface area contributed by atoms with Crippen LogP contribution in [0.3, 0.4) is 0 Å². The maximum absolute atomic E-state index is 13.8. The van der Waals surface area contributed by atoms with E-state index in [9.17, 15) is 22.8 Å². The van der Waals surface area contributed by atoms with Gasteiger partial charge in [0, 0.05) is 18.8 Å². The number of amides is 1. The van der Waals surface area contributed by atoms with Crippen LogP contribution in [0.5, 0.6) is 0 Å². The van der Waals surface area contributed by atoms with Crippen LogP contribution in [0.15, 0.2) is 26.9 Å². The second-order valence-corrected chi connectivity index (χ2v) is 25.3. The summed E-state index contributed by atoms with van der Waals surface area (Å²) in [5, 5.41) is 2.74. The molecule has 0 aliphatic carbocycles. The maximum atomic E-state index is 13.8. The molecule has 16 heteroatoms. The van der Waals surface area contributed by atoms with Gasteiger partial charge in [0.2, 0.25) is 5.91 Å². The molecule has 2 aliphatic heterocycles. The van der Waals surface area contributed by atoms with E-state index in [1.807, 2.05) is 47.0 Å². The molecule has 1 amide bonds. The summed E-state index contributed by atoms with van der Waals surface area (Å²) in [6.07, 6.45) is -2.31. The summed E-state index contributed by atoms with van der Waals surface area (Å²) < 4.78 is 53.6. The fourth-order valence-electron chi connectivity index (χ4n) is 4.52. The molecule has 3 rings (SSSR count). The molecule has 2 aliphatic rings. The van der Waals surface area contributed by atoms with E-state index < -0.39 is 74.5 Å². The van der Waals surface area contributed by atoms with Gasteiger partial charge in [-0.25, -0.2) is 8.98 Å². The largest absolute Gasteiger partial charge is 0.414 e. The average molecular weight is 661 g/mol. The van der Waals surface area contributed by atoms with Crippen LogP contribution in [-0.4, -0.2) is 71.6 Å². The Kier molecular flexibility index (Phi) is 9.36. The Bertz CT molecular complexity index is 1520. The van der Waals surface area contributed by atoms with E-state index in [2.05, 4.69) is 26.1 Å². The summed E-state index contributed by atoms with van der Waals surface area (Å²) in [5.41, 5.74) is 3.19. The maximum Gasteiger partial charge on any atom is 0.333 e. The molecule has 1 aromatic heterocycles. The van der Waals surface area contributed by atoms with Gasteiger partial charge in [0.1, 0.15) is 18.8 Å². The van der Waals surface area contributed by atoms with E-state index in [0.717, 1.165) is 14.5 Å². The van der Waals surface area contributed by atoms with Crippen molar-refractivity contribution in [2.75, 3.05) is 13.7 Å². The minimum absolute atomic E-state index is 0.0972. The summed E-state index contributed by atoms with van der Waals surface area (Å²) in [4.78, 5) is 39.0. The molecule has 244 valence electrons. The van der Waals surface area contributed by atoms with E-state index >= 15 is 0 Å². The summed E-state index contributed by atoms with van der Waals surface area (Å²) in [5.74, 6) is -0.549. The van der Waals surface area contributed by atoms with Crippen molar-refractivity contribution in [2.45, 2.75) is 115 Å². The van der Waals surface area contributed by atoms with Gasteiger partial charge >= 0.3 is 5.69 Å². The second-order valence-electron chi connectivity index (χ2n) is 14.4. The lowest BCUT2D eigenvalue weighted by atomic mass is 9.89. The zero-order valence-corrected chi connectivity index (χ0v) is 30.2. The predicted octanol–water partition coefficient (Wildman–Crippen LogP) is 2.27. The smallest absolute Gasteiger partial charge is 0.333 e. The van der Waals surface area contributed by atoms with Crippen LogP contribution in [-0.2, 0) is 39.2 Å². The normalized spacial score (nSPS) is 26.1. The van der Waals surface area contributed by atoms with Gasteiger partial charge in [-0.1, -0.05) is 41.5 Å². The molecule has 3 N–H and O–H groups in total. The van der Waals surface area contributed by atoms with Crippen molar-refractivity contribution in [3.63, 3.8) is 0 Å². The Balaban J connectivity index is 2.31. The number of ether oxygens (including phenoxy) is 1. The third-order valence-corrected chi connectivity index (χ3v) is 19.3. The zero-order chi connectivity index (χ0) is 33.1. The number of carbonyl (C=O) groups is 1. The number of nitrogens with two attached hydrogens (primary N) is 1. The fraction of sp³-hybridized carbons (Fsp3) is 0.741. The third kappa shape index (κ3) is 6.51. The predicted molar refractivity (Wildman–Crippen MR) is 168 cm³/mol. The van der Waals surface area contributed by atoms with Gasteiger partial charge in [0.25, 0.3) is 15.7 Å². The molecule has 0 radical (unpaired) electrons. The van der Waals surface area contributed by atoms with Crippen LogP contribution < -0.4 is 22.3 Å². The van der Waals surface area contributed by atoms with Gasteiger partial charge in [0.15, 0.2) is 28.5 Å². The van der Waals surface area contributed by atoms with Crippen LogP contribution in [0.1, 0.15) is 53.3 Å². The Morgan fingerprint density at radius 2 is 1.65 bits per heavy atom. The highest BCUT2D eigenvalue weighted by Gasteiger charge is 2.67. The molecule has 1 aromatic rings. The van der Waals surface area contributed by atoms with Gasteiger partial charge < -0.3 is 24.6 Å². The van der Waals surface area contributed by atoms with Crippen molar-refractivity contribution in [3.8, 4) is 0 Å². The molecule has 0 aromatic carbocycles. The standard InChI is InChI=1S/C27H48N4O9SSi2/c1-17-13-31(24(34)30(22(17)33)14-20(32)29-8)23-21(39-43(11,12)26(5,6)7)27(18(28)16-41(35,36)40-27)19(38-23)15-37-42(9,10)25(2,3)4/h13,16,19,21,23H,14-15,28H2,1-12H3,(H,29,32). The van der Waals surface area contributed by atoms with Crippen molar-refractivity contribution in [1.82, 2.24) is 14.5 Å². The van der Waals surface area contributed by atoms with E-state index in [1.54, 1.807) is 0 Å². The van der Waals surface area contributed by atoms with Crippen LogP contribution in [0.4, 0.5) is 0 Å². The number of aryl methyl sites for hydroxylation is 1. The number of aromatic nitrogens is 2. The molecule has 3 heterocycles. The number of hydrogen-bond acceptors (Lipinski definition) is 10. The lowest BCUT2D eigenvalue weighted by Crippen LogP contribution is -2.59. The molecule has 4 unspecified atom stereocenters. The Hall–Kier alpha value is -2.09. The van der Waals surface area contributed by atoms with Crippen LogP contribution >= 0.6 is 0 Å². The molecule has 0 bridgehead atoms. The van der Waals surface area contributed by atoms with Crippen molar-refractivity contribution < 1.29 is 31.0 Å². The number of nitrogens with zero attached hydrogens (tertiary/aromatic N) is 2. The molecule has 1 spiro atoms. The molecule has 0 saturated carbocycles. The molecule has 4 atom stereocenters. The van der Waals surface area contributed by atoms with Crippen molar-refractivity contribution in [2.24, 2.45) is 5.73 Å². The molecule has 13 nitrogen and oxygen atoms in total. The minimum Gasteiger partial charge on any atom is -0.414 e. The van der Waals surface area contributed by atoms with Gasteiger partial charge in [-0.3, -0.25) is 18.7 Å². The number of rotatable bonds is 8. The van der Waals surface area contributed by atoms with Crippen molar-refractivity contribution in [3.05, 3.63) is 43.7 Å². The van der Waals surface area contributed by atoms with Gasteiger partial charge in [-0.2, -0.15) is 8.42 Å². The van der Waals surface area contributed by atoms with E-state index in [1.165, 1.54) is 20.2 Å². The monoisotopic (exact) mass is 660 g/mol. The molecular formula is C27H48N4O9SSi2. The number of hydrogen-bond donors (Lipinski definition) is 2. The summed E-state index contributed by atoms with van der Waals surface area (Å²) in [7, 11) is -7.99. The van der Waals surface area contributed by atoms with E-state index in [-0.39, 0.29) is 27.9 Å². The number of likely N-dealkylation sites (N-methyl/N-ethyl adjacent to an activating group) is 1. The van der Waals surface area contributed by atoms with Crippen molar-refractivity contribution in [1.29, 1.82) is 0 Å². The lowest BCUT2D eigenvalue weighted by Gasteiger charge is -2.43. The van der Waals surface area contributed by atoms with E-state index in [0.29, 0.717) is 0 Å². The van der Waals surface area contributed by atoms with Crippen LogP contribution in [0.25, 0.3) is 0 Å².